The number of quaternary nitrogens is 1. The summed E-state index contributed by atoms with van der Waals surface area (Å²) in [5, 5.41) is 1.92. The van der Waals surface area contributed by atoms with Gasteiger partial charge in [-0.05, 0) is 23.6 Å². The van der Waals surface area contributed by atoms with Crippen molar-refractivity contribution in [3.05, 3.63) is 58.0 Å². The van der Waals surface area contributed by atoms with Crippen LogP contribution in [0.15, 0.2) is 41.8 Å². The number of urea groups is 1. The Kier molecular flexibility index (Phi) is 5.43. The van der Waals surface area contributed by atoms with Crippen LogP contribution in [0.25, 0.3) is 0 Å². The van der Waals surface area contributed by atoms with Crippen LogP contribution in [0.2, 0.25) is 0 Å². The van der Waals surface area contributed by atoms with Gasteiger partial charge in [-0.1, -0.05) is 18.2 Å². The molecule has 0 saturated carbocycles. The fourth-order valence-electron chi connectivity index (χ4n) is 2.84. The van der Waals surface area contributed by atoms with E-state index in [1.807, 2.05) is 24.6 Å². The molecule has 1 aliphatic rings. The molecule has 1 unspecified atom stereocenters. The summed E-state index contributed by atoms with van der Waals surface area (Å²) in [5.74, 6) is -1.89. The number of thiophene rings is 1. The Labute approximate surface area is 154 Å². The fraction of sp³-hybridized carbons (Fsp3) is 0.278. The number of halogens is 1. The first-order valence-corrected chi connectivity index (χ1v) is 9.09. The Bertz CT molecular complexity index is 808. The van der Waals surface area contributed by atoms with Gasteiger partial charge in [-0.15, -0.1) is 11.3 Å². The topological polar surface area (TPSA) is 62.1 Å². The Morgan fingerprint density at radius 3 is 2.38 bits per heavy atom. The SMILES string of the molecule is C[NH+](Cc1ccc(F)cc1)CN1C(=O)C(=O)N(CCc2cccs2)C1=O. The summed E-state index contributed by atoms with van der Waals surface area (Å²) in [6.07, 6.45) is 0.536. The summed E-state index contributed by atoms with van der Waals surface area (Å²) in [6.45, 7) is 0.772. The highest BCUT2D eigenvalue weighted by atomic mass is 32.1. The summed E-state index contributed by atoms with van der Waals surface area (Å²) in [6, 6.07) is 9.30. The van der Waals surface area contributed by atoms with Gasteiger partial charge in [0, 0.05) is 23.4 Å². The van der Waals surface area contributed by atoms with E-state index in [0.29, 0.717) is 13.0 Å². The highest BCUT2D eigenvalue weighted by Crippen LogP contribution is 2.14. The maximum atomic E-state index is 13.0. The summed E-state index contributed by atoms with van der Waals surface area (Å²) in [5.41, 5.74) is 0.879. The summed E-state index contributed by atoms with van der Waals surface area (Å²) in [7, 11) is 1.81. The maximum Gasteiger partial charge on any atom is 0.338 e. The molecule has 1 aromatic carbocycles. The van der Waals surface area contributed by atoms with Crippen molar-refractivity contribution in [2.45, 2.75) is 13.0 Å². The van der Waals surface area contributed by atoms with Crippen LogP contribution in [0.1, 0.15) is 10.4 Å². The third-order valence-electron chi connectivity index (χ3n) is 4.14. The van der Waals surface area contributed by atoms with E-state index in [4.69, 9.17) is 0 Å². The van der Waals surface area contributed by atoms with Gasteiger partial charge < -0.3 is 4.90 Å². The van der Waals surface area contributed by atoms with Crippen molar-refractivity contribution in [3.63, 3.8) is 0 Å². The van der Waals surface area contributed by atoms with E-state index < -0.39 is 17.8 Å². The van der Waals surface area contributed by atoms with E-state index in [2.05, 4.69) is 0 Å². The van der Waals surface area contributed by atoms with Gasteiger partial charge >= 0.3 is 17.8 Å². The lowest BCUT2D eigenvalue weighted by Crippen LogP contribution is -3.09. The molecule has 3 rings (SSSR count). The molecule has 1 N–H and O–H groups in total. The van der Waals surface area contributed by atoms with Crippen LogP contribution < -0.4 is 4.90 Å². The molecule has 0 spiro atoms. The molecule has 1 saturated heterocycles. The van der Waals surface area contributed by atoms with Gasteiger partial charge in [0.05, 0.1) is 7.05 Å². The molecule has 8 heteroatoms. The maximum absolute atomic E-state index is 13.0. The summed E-state index contributed by atoms with van der Waals surface area (Å²) in [4.78, 5) is 40.7. The molecular weight excluding hydrogens is 357 g/mol. The predicted octanol–water partition coefficient (Wildman–Crippen LogP) is 0.893. The smallest absolute Gasteiger partial charge is 0.316 e. The summed E-state index contributed by atoms with van der Waals surface area (Å²) >= 11 is 1.54. The summed E-state index contributed by atoms with van der Waals surface area (Å²) < 4.78 is 13.0. The molecule has 6 nitrogen and oxygen atoms in total. The number of amides is 4. The Morgan fingerprint density at radius 2 is 1.73 bits per heavy atom. The fourth-order valence-corrected chi connectivity index (χ4v) is 3.54. The lowest BCUT2D eigenvalue weighted by Gasteiger charge is -2.20. The van der Waals surface area contributed by atoms with Crippen LogP contribution in [0.5, 0.6) is 0 Å². The molecule has 0 aliphatic carbocycles. The number of hydrogen-bond donors (Lipinski definition) is 1. The van der Waals surface area contributed by atoms with Crippen LogP contribution in [0.3, 0.4) is 0 Å². The second-order valence-electron chi connectivity index (χ2n) is 6.22. The molecule has 2 heterocycles. The minimum absolute atomic E-state index is 0.0796. The van der Waals surface area contributed by atoms with Crippen LogP contribution in [0, 0.1) is 5.82 Å². The van der Waals surface area contributed by atoms with Crippen LogP contribution in [0.4, 0.5) is 9.18 Å². The Balaban J connectivity index is 1.60. The first kappa shape index (κ1) is 18.2. The number of nitrogens with zero attached hydrogens (tertiary/aromatic N) is 2. The largest absolute Gasteiger partial charge is 0.338 e. The number of imide groups is 2. The lowest BCUT2D eigenvalue weighted by molar-refractivity contribution is -0.901. The van der Waals surface area contributed by atoms with Gasteiger partial charge in [0.15, 0.2) is 6.67 Å². The van der Waals surface area contributed by atoms with E-state index in [1.165, 1.54) is 12.1 Å². The van der Waals surface area contributed by atoms with E-state index in [-0.39, 0.29) is 19.0 Å². The second-order valence-corrected chi connectivity index (χ2v) is 7.25. The number of hydrogen-bond acceptors (Lipinski definition) is 4. The number of carbonyl (C=O) groups excluding carboxylic acids is 3. The molecule has 0 radical (unpaired) electrons. The van der Waals surface area contributed by atoms with Gasteiger partial charge in [-0.25, -0.2) is 14.1 Å². The predicted molar refractivity (Wildman–Crippen MR) is 93.8 cm³/mol. The molecule has 1 aliphatic heterocycles. The molecule has 2 aromatic rings. The monoisotopic (exact) mass is 376 g/mol. The Hall–Kier alpha value is -2.58. The highest BCUT2D eigenvalue weighted by Gasteiger charge is 2.45. The van der Waals surface area contributed by atoms with Crippen molar-refractivity contribution in [1.82, 2.24) is 9.80 Å². The molecule has 1 aromatic heterocycles. The van der Waals surface area contributed by atoms with Crippen molar-refractivity contribution >= 4 is 29.2 Å². The molecule has 1 atom stereocenters. The minimum atomic E-state index is -0.792. The number of benzene rings is 1. The second kappa shape index (κ2) is 7.76. The van der Waals surface area contributed by atoms with Crippen molar-refractivity contribution in [2.24, 2.45) is 0 Å². The number of carbonyl (C=O) groups is 3. The zero-order chi connectivity index (χ0) is 18.7. The first-order valence-electron chi connectivity index (χ1n) is 8.21. The standard InChI is InChI=1S/C18H18FN3O3S/c1-20(11-13-4-6-14(19)7-5-13)12-22-17(24)16(23)21(18(22)25)9-8-15-3-2-10-26-15/h2-7,10H,8-9,11-12H2,1H3/p+1. The van der Waals surface area contributed by atoms with Crippen molar-refractivity contribution in [3.8, 4) is 0 Å². The minimum Gasteiger partial charge on any atom is -0.316 e. The van der Waals surface area contributed by atoms with Crippen molar-refractivity contribution < 1.29 is 23.7 Å². The van der Waals surface area contributed by atoms with Gasteiger partial charge in [0.1, 0.15) is 12.4 Å². The third-order valence-corrected chi connectivity index (χ3v) is 5.08. The van der Waals surface area contributed by atoms with Gasteiger partial charge in [0.2, 0.25) is 0 Å². The van der Waals surface area contributed by atoms with Crippen molar-refractivity contribution in [1.29, 1.82) is 0 Å². The van der Waals surface area contributed by atoms with Crippen LogP contribution in [-0.2, 0) is 22.6 Å². The van der Waals surface area contributed by atoms with Gasteiger partial charge in [-0.2, -0.15) is 0 Å². The van der Waals surface area contributed by atoms with Gasteiger partial charge in [0.25, 0.3) is 0 Å². The van der Waals surface area contributed by atoms with E-state index in [1.54, 1.807) is 23.5 Å². The quantitative estimate of drug-likeness (QED) is 0.577. The zero-order valence-corrected chi connectivity index (χ0v) is 15.1. The third kappa shape index (κ3) is 3.97. The number of rotatable bonds is 7. The average molecular weight is 376 g/mol. The molecule has 1 fully saturated rings. The highest BCUT2D eigenvalue weighted by molar-refractivity contribution is 7.09. The lowest BCUT2D eigenvalue weighted by atomic mass is 10.2. The number of nitrogens with one attached hydrogen (secondary N) is 1. The van der Waals surface area contributed by atoms with Crippen molar-refractivity contribution in [2.75, 3.05) is 20.3 Å². The Morgan fingerprint density at radius 1 is 1.04 bits per heavy atom. The first-order chi connectivity index (χ1) is 12.5. The zero-order valence-electron chi connectivity index (χ0n) is 14.3. The van der Waals surface area contributed by atoms with E-state index >= 15 is 0 Å². The molecule has 26 heavy (non-hydrogen) atoms. The van der Waals surface area contributed by atoms with Gasteiger partial charge in [-0.3, -0.25) is 14.5 Å². The van der Waals surface area contributed by atoms with Crippen LogP contribution in [-0.4, -0.2) is 47.9 Å². The normalized spacial score (nSPS) is 15.8. The molecular formula is C18H19FN3O3S+. The average Bonchev–Trinajstić information content (AvgIpc) is 3.20. The molecule has 4 amide bonds. The molecule has 136 valence electrons. The molecule has 0 bridgehead atoms. The van der Waals surface area contributed by atoms with E-state index in [0.717, 1.165) is 25.1 Å². The van der Waals surface area contributed by atoms with E-state index in [9.17, 15) is 18.8 Å². The van der Waals surface area contributed by atoms with Crippen LogP contribution >= 0.6 is 11.3 Å².